The van der Waals surface area contributed by atoms with Crippen LogP contribution in [0.25, 0.3) is 10.4 Å². The van der Waals surface area contributed by atoms with Crippen molar-refractivity contribution < 1.29 is 33.4 Å². The third-order valence-electron chi connectivity index (χ3n) is 8.10. The number of thiazole rings is 1. The molecule has 11 nitrogen and oxygen atoms in total. The van der Waals surface area contributed by atoms with Crippen LogP contribution in [0.15, 0.2) is 60.2 Å². The maximum Gasteiger partial charge on any atom is 0.337 e. The molecular weight excluding hydrogens is 632 g/mol. The Labute approximate surface area is 286 Å². The van der Waals surface area contributed by atoms with Gasteiger partial charge in [0, 0.05) is 25.9 Å². The summed E-state index contributed by atoms with van der Waals surface area (Å²) in [6.45, 7) is 7.27. The van der Waals surface area contributed by atoms with Crippen molar-refractivity contribution >= 4 is 35.0 Å². The number of amides is 3. The van der Waals surface area contributed by atoms with E-state index in [0.717, 1.165) is 35.3 Å². The monoisotopic (exact) mass is 678 g/mol. The highest BCUT2D eigenvalue weighted by molar-refractivity contribution is 7.13. The van der Waals surface area contributed by atoms with E-state index < -0.39 is 23.5 Å². The van der Waals surface area contributed by atoms with Crippen LogP contribution in [0.1, 0.15) is 68.8 Å². The van der Waals surface area contributed by atoms with Crippen molar-refractivity contribution in [3.8, 4) is 16.2 Å². The van der Waals surface area contributed by atoms with Gasteiger partial charge in [-0.15, -0.1) is 11.3 Å². The molecule has 1 aliphatic rings. The summed E-state index contributed by atoms with van der Waals surface area (Å²) in [5, 5.41) is 5.87. The number of likely N-dealkylation sites (tertiary alicyclic amines) is 1. The van der Waals surface area contributed by atoms with E-state index >= 15 is 0 Å². The van der Waals surface area contributed by atoms with Gasteiger partial charge in [-0.3, -0.25) is 19.4 Å². The second-order valence-corrected chi connectivity index (χ2v) is 13.7. The molecular formula is C36H46N4O7S. The van der Waals surface area contributed by atoms with Gasteiger partial charge < -0.3 is 29.7 Å². The zero-order valence-electron chi connectivity index (χ0n) is 28.2. The van der Waals surface area contributed by atoms with Gasteiger partial charge in [0.15, 0.2) is 0 Å². The first-order valence-corrected chi connectivity index (χ1v) is 17.2. The molecule has 0 aliphatic carbocycles. The molecule has 2 N–H and O–H groups in total. The largest absolute Gasteiger partial charge is 0.494 e. The van der Waals surface area contributed by atoms with E-state index in [1.54, 1.807) is 46.0 Å². The smallest absolute Gasteiger partial charge is 0.337 e. The van der Waals surface area contributed by atoms with Crippen LogP contribution in [0, 0.1) is 5.41 Å². The Morgan fingerprint density at radius 3 is 2.40 bits per heavy atom. The predicted octanol–water partition coefficient (Wildman–Crippen LogP) is 5.00. The Morgan fingerprint density at radius 1 is 1.00 bits per heavy atom. The van der Waals surface area contributed by atoms with Gasteiger partial charge in [-0.25, -0.2) is 4.79 Å². The van der Waals surface area contributed by atoms with Gasteiger partial charge in [-0.2, -0.15) is 0 Å². The molecule has 2 atom stereocenters. The molecule has 2 heterocycles. The maximum atomic E-state index is 13.8. The molecule has 48 heavy (non-hydrogen) atoms. The van der Waals surface area contributed by atoms with Crippen molar-refractivity contribution in [2.24, 2.45) is 5.41 Å². The molecule has 0 radical (unpaired) electrons. The molecule has 3 aromatic rings. The van der Waals surface area contributed by atoms with Crippen molar-refractivity contribution in [2.75, 3.05) is 33.5 Å². The quantitative estimate of drug-likeness (QED) is 0.160. The third kappa shape index (κ3) is 10.6. The summed E-state index contributed by atoms with van der Waals surface area (Å²) >= 11 is 1.57. The first-order chi connectivity index (χ1) is 23.1. The minimum absolute atomic E-state index is 0.158. The lowest BCUT2D eigenvalue weighted by molar-refractivity contribution is -0.144. The number of methoxy groups -OCH3 is 1. The number of hydrogen-bond donors (Lipinski definition) is 2. The van der Waals surface area contributed by atoms with Gasteiger partial charge in [-0.1, -0.05) is 45.0 Å². The Morgan fingerprint density at radius 2 is 1.73 bits per heavy atom. The van der Waals surface area contributed by atoms with E-state index in [2.05, 4.69) is 15.6 Å². The number of ether oxygens (including phenoxy) is 3. The number of unbranched alkanes of at least 4 members (excludes halogenated alkanes) is 2. The standard InChI is InChI=1S/C36H46N4O7S/c1-36(2,3)32(39-31(41)23-46-19-6-5-7-20-47-28-16-14-27(15-17-28)35(44)45-4)34(43)40-18-8-9-29(40)33(42)38-21-25-10-12-26(13-11-25)30-22-37-24-48-30/h10-17,22,24,29,32H,5-9,18-21,23H2,1-4H3,(H,38,42)(H,39,41)/t29-,32+/m0/s1. The molecule has 1 aliphatic heterocycles. The maximum absolute atomic E-state index is 13.8. The number of hydrogen-bond acceptors (Lipinski definition) is 9. The summed E-state index contributed by atoms with van der Waals surface area (Å²) in [5.74, 6) is -0.547. The zero-order valence-corrected chi connectivity index (χ0v) is 29.0. The molecule has 0 unspecified atom stereocenters. The average molecular weight is 679 g/mol. The van der Waals surface area contributed by atoms with Crippen LogP contribution in [-0.2, 0) is 30.4 Å². The molecule has 1 aromatic heterocycles. The van der Waals surface area contributed by atoms with Crippen LogP contribution in [-0.4, -0.2) is 79.1 Å². The van der Waals surface area contributed by atoms with Crippen LogP contribution in [0.5, 0.6) is 5.75 Å². The van der Waals surface area contributed by atoms with Crippen LogP contribution >= 0.6 is 11.3 Å². The molecule has 1 fully saturated rings. The van der Waals surface area contributed by atoms with E-state index in [9.17, 15) is 19.2 Å². The molecule has 2 aromatic carbocycles. The van der Waals surface area contributed by atoms with E-state index in [-0.39, 0.29) is 24.3 Å². The summed E-state index contributed by atoms with van der Waals surface area (Å²) in [6, 6.07) is 13.4. The van der Waals surface area contributed by atoms with Crippen molar-refractivity contribution in [1.29, 1.82) is 0 Å². The SMILES string of the molecule is COC(=O)c1ccc(OCCCCCOCC(=O)N[C@H](C(=O)N2CCC[C@H]2C(=O)NCc2ccc(-c3cncs3)cc2)C(C)(C)C)cc1. The lowest BCUT2D eigenvalue weighted by Crippen LogP contribution is -2.58. The summed E-state index contributed by atoms with van der Waals surface area (Å²) in [7, 11) is 1.34. The number of benzene rings is 2. The third-order valence-corrected chi connectivity index (χ3v) is 8.93. The van der Waals surface area contributed by atoms with Crippen LogP contribution in [0.2, 0.25) is 0 Å². The molecule has 12 heteroatoms. The van der Waals surface area contributed by atoms with Gasteiger partial charge in [0.1, 0.15) is 24.4 Å². The van der Waals surface area contributed by atoms with E-state index in [4.69, 9.17) is 14.2 Å². The Hall–Kier alpha value is -4.29. The molecule has 3 amide bonds. The molecule has 1 saturated heterocycles. The minimum atomic E-state index is -0.805. The number of rotatable bonds is 16. The lowest BCUT2D eigenvalue weighted by atomic mass is 9.85. The number of aromatic nitrogens is 1. The molecule has 0 saturated carbocycles. The molecule has 0 bridgehead atoms. The predicted molar refractivity (Wildman–Crippen MR) is 183 cm³/mol. The first kappa shape index (κ1) is 36.5. The Bertz CT molecular complexity index is 1490. The Kier molecular flexibility index (Phi) is 13.5. The van der Waals surface area contributed by atoms with E-state index in [0.29, 0.717) is 50.5 Å². The van der Waals surface area contributed by atoms with Gasteiger partial charge >= 0.3 is 5.97 Å². The first-order valence-electron chi connectivity index (χ1n) is 16.3. The summed E-state index contributed by atoms with van der Waals surface area (Å²) in [5.41, 5.74) is 3.72. The summed E-state index contributed by atoms with van der Waals surface area (Å²) in [4.78, 5) is 58.1. The molecule has 0 spiro atoms. The average Bonchev–Trinajstić information content (AvgIpc) is 3.80. The second-order valence-electron chi connectivity index (χ2n) is 12.8. The van der Waals surface area contributed by atoms with Crippen LogP contribution in [0.4, 0.5) is 0 Å². The van der Waals surface area contributed by atoms with E-state index in [1.807, 2.05) is 51.2 Å². The van der Waals surface area contributed by atoms with E-state index in [1.165, 1.54) is 7.11 Å². The number of nitrogens with zero attached hydrogens (tertiary/aromatic N) is 2. The lowest BCUT2D eigenvalue weighted by Gasteiger charge is -2.35. The zero-order chi connectivity index (χ0) is 34.5. The normalized spacial score (nSPS) is 15.1. The van der Waals surface area contributed by atoms with Crippen LogP contribution in [0.3, 0.4) is 0 Å². The minimum Gasteiger partial charge on any atom is -0.494 e. The summed E-state index contributed by atoms with van der Waals surface area (Å²) < 4.78 is 16.0. The fourth-order valence-electron chi connectivity index (χ4n) is 5.42. The van der Waals surface area contributed by atoms with Crippen LogP contribution < -0.4 is 15.4 Å². The topological polar surface area (TPSA) is 136 Å². The highest BCUT2D eigenvalue weighted by atomic mass is 32.1. The number of carbonyl (C=O) groups excluding carboxylic acids is 4. The molecule has 258 valence electrons. The number of nitrogens with one attached hydrogen (secondary N) is 2. The van der Waals surface area contributed by atoms with Crippen molar-refractivity contribution in [3.05, 3.63) is 71.4 Å². The highest BCUT2D eigenvalue weighted by Crippen LogP contribution is 2.27. The van der Waals surface area contributed by atoms with Crippen molar-refractivity contribution in [2.45, 2.75) is 71.5 Å². The summed E-state index contributed by atoms with van der Waals surface area (Å²) in [6.07, 6.45) is 5.52. The van der Waals surface area contributed by atoms with Gasteiger partial charge in [0.2, 0.25) is 17.7 Å². The fourth-order valence-corrected chi connectivity index (χ4v) is 6.04. The fraction of sp³-hybridized carbons (Fsp3) is 0.472. The molecule has 4 rings (SSSR count). The second kappa shape index (κ2) is 17.7. The number of esters is 1. The van der Waals surface area contributed by atoms with Crippen molar-refractivity contribution in [1.82, 2.24) is 20.5 Å². The van der Waals surface area contributed by atoms with Gasteiger partial charge in [0.25, 0.3) is 0 Å². The van der Waals surface area contributed by atoms with Gasteiger partial charge in [0.05, 0.1) is 29.7 Å². The highest BCUT2D eigenvalue weighted by Gasteiger charge is 2.41. The van der Waals surface area contributed by atoms with Gasteiger partial charge in [-0.05, 0) is 72.9 Å². The number of carbonyl (C=O) groups is 4. The van der Waals surface area contributed by atoms with Crippen molar-refractivity contribution in [3.63, 3.8) is 0 Å². The Balaban J connectivity index is 1.17.